The third-order valence-electron chi connectivity index (χ3n) is 6.72. The SMILES string of the molecule is CN1CC(=O)N2[C@@H](CCC(=O)O)C(=O)N(CCc3ccc(F)cc3)C[C@@H]2N1C(=O)NCc1ccc(F)cc1. The monoisotopic (exact) mass is 529 g/mol. The van der Waals surface area contributed by atoms with Gasteiger partial charge in [0.05, 0.1) is 13.1 Å². The van der Waals surface area contributed by atoms with Gasteiger partial charge in [0.15, 0.2) is 0 Å². The zero-order valence-electron chi connectivity index (χ0n) is 20.8. The molecule has 0 radical (unpaired) electrons. The molecule has 0 saturated carbocycles. The molecule has 0 unspecified atom stereocenters. The Morgan fingerprint density at radius 1 is 1.00 bits per heavy atom. The molecule has 10 nitrogen and oxygen atoms in total. The molecular formula is C26H29F2N5O5. The van der Waals surface area contributed by atoms with Crippen LogP contribution in [0.1, 0.15) is 24.0 Å². The van der Waals surface area contributed by atoms with Gasteiger partial charge in [-0.25, -0.2) is 23.6 Å². The van der Waals surface area contributed by atoms with Crippen LogP contribution < -0.4 is 5.32 Å². The predicted octanol–water partition coefficient (Wildman–Crippen LogP) is 1.81. The highest BCUT2D eigenvalue weighted by molar-refractivity contribution is 5.91. The molecule has 2 aliphatic heterocycles. The number of piperazine rings is 1. The number of amides is 4. The summed E-state index contributed by atoms with van der Waals surface area (Å²) in [7, 11) is 1.58. The lowest BCUT2D eigenvalue weighted by Gasteiger charge is -2.54. The third kappa shape index (κ3) is 6.08. The van der Waals surface area contributed by atoms with Crippen molar-refractivity contribution in [1.29, 1.82) is 0 Å². The number of fused-ring (bicyclic) bond motifs is 1. The number of hydrogen-bond donors (Lipinski definition) is 2. The molecule has 202 valence electrons. The second kappa shape index (κ2) is 11.5. The maximum absolute atomic E-state index is 13.4. The minimum absolute atomic E-state index is 0.0175. The molecule has 2 fully saturated rings. The number of rotatable bonds is 8. The number of carbonyl (C=O) groups is 4. The summed E-state index contributed by atoms with van der Waals surface area (Å²) in [6, 6.07) is 9.97. The number of nitrogens with one attached hydrogen (secondary N) is 1. The van der Waals surface area contributed by atoms with Crippen LogP contribution in [0.25, 0.3) is 0 Å². The number of nitrogens with zero attached hydrogens (tertiary/aromatic N) is 4. The summed E-state index contributed by atoms with van der Waals surface area (Å²) < 4.78 is 26.5. The quantitative estimate of drug-likeness (QED) is 0.540. The molecule has 4 rings (SSSR count). The van der Waals surface area contributed by atoms with Gasteiger partial charge in [0.2, 0.25) is 11.8 Å². The third-order valence-corrected chi connectivity index (χ3v) is 6.72. The number of likely N-dealkylation sites (N-methyl/N-ethyl adjacent to an activating group) is 1. The Morgan fingerprint density at radius 3 is 2.21 bits per heavy atom. The molecule has 0 spiro atoms. The number of hydrazine groups is 1. The number of hydrogen-bond acceptors (Lipinski definition) is 5. The molecular weight excluding hydrogens is 500 g/mol. The van der Waals surface area contributed by atoms with Crippen molar-refractivity contribution in [3.05, 3.63) is 71.3 Å². The van der Waals surface area contributed by atoms with Crippen LogP contribution in [-0.2, 0) is 27.3 Å². The molecule has 0 aliphatic carbocycles. The summed E-state index contributed by atoms with van der Waals surface area (Å²) in [4.78, 5) is 54.0. The summed E-state index contributed by atoms with van der Waals surface area (Å²) in [6.45, 7) is 0.192. The van der Waals surface area contributed by atoms with Crippen molar-refractivity contribution < 1.29 is 33.1 Å². The highest BCUT2D eigenvalue weighted by Gasteiger charge is 2.50. The molecule has 4 amide bonds. The predicted molar refractivity (Wildman–Crippen MR) is 131 cm³/mol. The fourth-order valence-electron chi connectivity index (χ4n) is 4.82. The normalized spacial score (nSPS) is 19.9. The Hall–Kier alpha value is -4.06. The van der Waals surface area contributed by atoms with E-state index < -0.39 is 35.9 Å². The van der Waals surface area contributed by atoms with E-state index in [1.165, 1.54) is 44.1 Å². The highest BCUT2D eigenvalue weighted by Crippen LogP contribution is 2.28. The number of carboxylic acid groups (broad SMARTS) is 1. The fourth-order valence-corrected chi connectivity index (χ4v) is 4.82. The molecule has 2 aromatic rings. The van der Waals surface area contributed by atoms with E-state index in [0.717, 1.165) is 5.56 Å². The van der Waals surface area contributed by atoms with Crippen LogP contribution in [0.15, 0.2) is 48.5 Å². The van der Waals surface area contributed by atoms with Gasteiger partial charge in [0.1, 0.15) is 23.8 Å². The summed E-state index contributed by atoms with van der Waals surface area (Å²) in [6.07, 6.45) is -0.881. The molecule has 12 heteroatoms. The molecule has 2 atom stereocenters. The maximum Gasteiger partial charge on any atom is 0.334 e. The Kier molecular flexibility index (Phi) is 8.20. The lowest BCUT2D eigenvalue weighted by Crippen LogP contribution is -2.76. The van der Waals surface area contributed by atoms with E-state index in [4.69, 9.17) is 0 Å². The number of carboxylic acids is 1. The van der Waals surface area contributed by atoms with Crippen molar-refractivity contribution in [1.82, 2.24) is 25.1 Å². The number of urea groups is 1. The summed E-state index contributed by atoms with van der Waals surface area (Å²) in [5.41, 5.74) is 1.47. The average Bonchev–Trinajstić information content (AvgIpc) is 2.87. The van der Waals surface area contributed by atoms with E-state index in [0.29, 0.717) is 12.0 Å². The number of aliphatic carboxylic acids is 1. The van der Waals surface area contributed by atoms with Crippen LogP contribution in [0.4, 0.5) is 13.6 Å². The van der Waals surface area contributed by atoms with Crippen LogP contribution in [-0.4, -0.2) is 87.6 Å². The van der Waals surface area contributed by atoms with Gasteiger partial charge < -0.3 is 20.2 Å². The zero-order valence-corrected chi connectivity index (χ0v) is 20.8. The molecule has 2 heterocycles. The first-order valence-electron chi connectivity index (χ1n) is 12.2. The lowest BCUT2D eigenvalue weighted by molar-refractivity contribution is -0.187. The number of carbonyl (C=O) groups excluding carboxylic acids is 3. The van der Waals surface area contributed by atoms with Gasteiger partial charge in [-0.1, -0.05) is 24.3 Å². The molecule has 0 bridgehead atoms. The van der Waals surface area contributed by atoms with Crippen LogP contribution in [0, 0.1) is 11.6 Å². The molecule has 2 aromatic carbocycles. The van der Waals surface area contributed by atoms with Crippen molar-refractivity contribution in [2.75, 3.05) is 26.7 Å². The van der Waals surface area contributed by atoms with Gasteiger partial charge in [0, 0.05) is 26.6 Å². The fraction of sp³-hybridized carbons (Fsp3) is 0.385. The van der Waals surface area contributed by atoms with Crippen LogP contribution in [0.5, 0.6) is 0 Å². The summed E-state index contributed by atoms with van der Waals surface area (Å²) in [5.74, 6) is -2.66. The van der Waals surface area contributed by atoms with Gasteiger partial charge in [-0.15, -0.1) is 0 Å². The first-order valence-corrected chi connectivity index (χ1v) is 12.2. The summed E-state index contributed by atoms with van der Waals surface area (Å²) in [5, 5.41) is 14.8. The molecule has 0 aromatic heterocycles. The van der Waals surface area contributed by atoms with Crippen molar-refractivity contribution in [3.8, 4) is 0 Å². The zero-order chi connectivity index (χ0) is 27.4. The Balaban J connectivity index is 1.56. The molecule has 38 heavy (non-hydrogen) atoms. The van der Waals surface area contributed by atoms with Crippen LogP contribution in [0.2, 0.25) is 0 Å². The van der Waals surface area contributed by atoms with E-state index in [1.54, 1.807) is 31.3 Å². The standard InChI is InChI=1S/C26H29F2N5O5/c1-30-16-23(34)32-21(10-11-24(35)36)25(37)31(13-12-17-2-6-19(27)7-3-17)15-22(32)33(30)26(38)29-14-18-4-8-20(28)9-5-18/h2-9,21-22H,10-16H2,1H3,(H,29,38)(H,35,36)/t21-,22-/m0/s1. The van der Waals surface area contributed by atoms with Crippen molar-refractivity contribution in [2.45, 2.75) is 38.0 Å². The second-order valence-corrected chi connectivity index (χ2v) is 9.34. The largest absolute Gasteiger partial charge is 0.481 e. The van der Waals surface area contributed by atoms with Gasteiger partial charge in [-0.2, -0.15) is 0 Å². The summed E-state index contributed by atoms with van der Waals surface area (Å²) >= 11 is 0. The van der Waals surface area contributed by atoms with Crippen LogP contribution >= 0.6 is 0 Å². The molecule has 2 saturated heterocycles. The first-order chi connectivity index (χ1) is 18.1. The van der Waals surface area contributed by atoms with E-state index in [1.807, 2.05) is 0 Å². The van der Waals surface area contributed by atoms with Gasteiger partial charge >= 0.3 is 12.0 Å². The average molecular weight is 530 g/mol. The van der Waals surface area contributed by atoms with Crippen molar-refractivity contribution in [3.63, 3.8) is 0 Å². The van der Waals surface area contributed by atoms with Crippen molar-refractivity contribution in [2.24, 2.45) is 0 Å². The Labute approximate surface area is 218 Å². The van der Waals surface area contributed by atoms with E-state index in [2.05, 4.69) is 5.32 Å². The highest BCUT2D eigenvalue weighted by atomic mass is 19.1. The second-order valence-electron chi connectivity index (χ2n) is 9.34. The van der Waals surface area contributed by atoms with E-state index in [-0.39, 0.29) is 50.7 Å². The van der Waals surface area contributed by atoms with E-state index >= 15 is 0 Å². The van der Waals surface area contributed by atoms with E-state index in [9.17, 15) is 33.1 Å². The Bertz CT molecular complexity index is 1190. The minimum atomic E-state index is -1.10. The van der Waals surface area contributed by atoms with Gasteiger partial charge in [-0.3, -0.25) is 14.4 Å². The number of benzene rings is 2. The minimum Gasteiger partial charge on any atom is -0.481 e. The number of halogens is 2. The molecule has 2 aliphatic rings. The van der Waals surface area contributed by atoms with Gasteiger partial charge in [-0.05, 0) is 48.2 Å². The van der Waals surface area contributed by atoms with Crippen molar-refractivity contribution >= 4 is 23.8 Å². The lowest BCUT2D eigenvalue weighted by atomic mass is 10.0. The maximum atomic E-state index is 13.4. The van der Waals surface area contributed by atoms with Crippen LogP contribution in [0.3, 0.4) is 0 Å². The molecule has 2 N–H and O–H groups in total. The topological polar surface area (TPSA) is 114 Å². The first kappa shape index (κ1) is 27.0. The van der Waals surface area contributed by atoms with Gasteiger partial charge in [0.25, 0.3) is 0 Å². The smallest absolute Gasteiger partial charge is 0.334 e. The Morgan fingerprint density at radius 2 is 1.61 bits per heavy atom.